The molecular formula is C23H21FN4OS. The van der Waals surface area contributed by atoms with Crippen LogP contribution in [-0.2, 0) is 7.05 Å². The average Bonchev–Trinajstić information content (AvgIpc) is 3.48. The number of para-hydroxylation sites is 1. The number of thiazole rings is 1. The Morgan fingerprint density at radius 3 is 2.43 bits per heavy atom. The average molecular weight is 421 g/mol. The minimum atomic E-state index is -0.252. The lowest BCUT2D eigenvalue weighted by Gasteiger charge is -2.07. The molecule has 0 unspecified atom stereocenters. The summed E-state index contributed by atoms with van der Waals surface area (Å²) in [4.78, 5) is 18.8. The van der Waals surface area contributed by atoms with Gasteiger partial charge in [-0.1, -0.05) is 18.2 Å². The van der Waals surface area contributed by atoms with E-state index in [1.807, 2.05) is 54.4 Å². The second-order valence-electron chi connectivity index (χ2n) is 7.53. The standard InChI is InChI=1S/C23H21FN4OS/c1-15-21(22(29)28(26(15)2)19-6-4-3-5-7-19)25-23-27(18-12-13-18)20(14-30-23)16-8-10-17(24)11-9-16/h3-11,14,18H,12-13H2,1-2H3. The summed E-state index contributed by atoms with van der Waals surface area (Å²) >= 11 is 1.51. The Balaban J connectivity index is 1.68. The van der Waals surface area contributed by atoms with Crippen LogP contribution >= 0.6 is 11.3 Å². The number of benzene rings is 2. The van der Waals surface area contributed by atoms with E-state index in [9.17, 15) is 9.18 Å². The van der Waals surface area contributed by atoms with Crippen LogP contribution < -0.4 is 10.4 Å². The molecule has 1 aliphatic carbocycles. The van der Waals surface area contributed by atoms with Gasteiger partial charge in [0.15, 0.2) is 10.5 Å². The molecule has 1 aliphatic rings. The first-order valence-corrected chi connectivity index (χ1v) is 10.8. The van der Waals surface area contributed by atoms with E-state index in [-0.39, 0.29) is 11.4 Å². The van der Waals surface area contributed by atoms with E-state index in [0.717, 1.165) is 40.3 Å². The molecule has 0 aliphatic heterocycles. The van der Waals surface area contributed by atoms with Crippen molar-refractivity contribution in [3.05, 3.63) is 86.6 Å². The van der Waals surface area contributed by atoms with Gasteiger partial charge in [0.25, 0.3) is 5.56 Å². The first-order valence-electron chi connectivity index (χ1n) is 9.89. The molecule has 2 aromatic heterocycles. The lowest BCUT2D eigenvalue weighted by atomic mass is 10.1. The number of hydrogen-bond acceptors (Lipinski definition) is 3. The zero-order valence-electron chi connectivity index (χ0n) is 16.7. The summed E-state index contributed by atoms with van der Waals surface area (Å²) in [5.74, 6) is -0.252. The van der Waals surface area contributed by atoms with Crippen molar-refractivity contribution in [3.8, 4) is 16.9 Å². The third-order valence-corrected chi connectivity index (χ3v) is 6.36. The third-order valence-electron chi connectivity index (χ3n) is 5.52. The van der Waals surface area contributed by atoms with Gasteiger partial charge in [0, 0.05) is 18.5 Å². The lowest BCUT2D eigenvalue weighted by Crippen LogP contribution is -2.20. The van der Waals surface area contributed by atoms with Gasteiger partial charge in [0.1, 0.15) is 5.82 Å². The van der Waals surface area contributed by atoms with Crippen molar-refractivity contribution in [1.82, 2.24) is 13.9 Å². The Labute approximate surface area is 177 Å². The highest BCUT2D eigenvalue weighted by Gasteiger charge is 2.28. The molecule has 0 radical (unpaired) electrons. The SMILES string of the molecule is Cc1c(N=c2scc(-c3ccc(F)cc3)n2C2CC2)c(=O)n(-c2ccccc2)n1C. The predicted molar refractivity (Wildman–Crippen MR) is 117 cm³/mol. The molecule has 7 heteroatoms. The number of rotatable bonds is 4. The van der Waals surface area contributed by atoms with Gasteiger partial charge in [0.05, 0.1) is 17.1 Å². The molecule has 0 N–H and O–H groups in total. The van der Waals surface area contributed by atoms with Gasteiger partial charge < -0.3 is 4.57 Å². The third kappa shape index (κ3) is 3.15. The maximum absolute atomic E-state index is 13.4. The zero-order valence-corrected chi connectivity index (χ0v) is 17.6. The van der Waals surface area contributed by atoms with Crippen LogP contribution in [0.2, 0.25) is 0 Å². The number of nitrogens with zero attached hydrogens (tertiary/aromatic N) is 4. The molecule has 0 amide bonds. The van der Waals surface area contributed by atoms with Crippen molar-refractivity contribution in [1.29, 1.82) is 0 Å². The first kappa shape index (κ1) is 18.8. The number of halogens is 1. The first-order chi connectivity index (χ1) is 14.5. The molecule has 2 heterocycles. The van der Waals surface area contributed by atoms with E-state index in [0.29, 0.717) is 11.7 Å². The van der Waals surface area contributed by atoms with Crippen LogP contribution in [0.15, 0.2) is 69.8 Å². The summed E-state index contributed by atoms with van der Waals surface area (Å²) in [6.45, 7) is 1.91. The van der Waals surface area contributed by atoms with Crippen LogP contribution in [0.1, 0.15) is 24.6 Å². The van der Waals surface area contributed by atoms with Crippen molar-refractivity contribution >= 4 is 17.0 Å². The van der Waals surface area contributed by atoms with Crippen LogP contribution in [0.3, 0.4) is 0 Å². The molecule has 5 rings (SSSR count). The molecule has 1 saturated carbocycles. The fraction of sp³-hybridized carbons (Fsp3) is 0.217. The van der Waals surface area contributed by atoms with Crippen molar-refractivity contribution < 1.29 is 4.39 Å². The molecular weight excluding hydrogens is 399 g/mol. The van der Waals surface area contributed by atoms with Crippen LogP contribution in [0.4, 0.5) is 10.1 Å². The number of hydrogen-bond donors (Lipinski definition) is 0. The largest absolute Gasteiger partial charge is 0.313 e. The number of aromatic nitrogens is 3. The Bertz CT molecular complexity index is 1340. The van der Waals surface area contributed by atoms with Crippen molar-refractivity contribution in [2.75, 3.05) is 0 Å². The fourth-order valence-corrected chi connectivity index (χ4v) is 4.67. The molecule has 0 spiro atoms. The Morgan fingerprint density at radius 2 is 1.77 bits per heavy atom. The normalized spacial score (nSPS) is 14.4. The molecule has 0 bridgehead atoms. The lowest BCUT2D eigenvalue weighted by molar-refractivity contribution is 0.628. The van der Waals surface area contributed by atoms with Gasteiger partial charge in [-0.2, -0.15) is 0 Å². The molecule has 0 atom stereocenters. The molecule has 4 aromatic rings. The van der Waals surface area contributed by atoms with Crippen molar-refractivity contribution in [2.24, 2.45) is 12.0 Å². The topological polar surface area (TPSA) is 44.2 Å². The zero-order chi connectivity index (χ0) is 20.8. The Morgan fingerprint density at radius 1 is 1.07 bits per heavy atom. The van der Waals surface area contributed by atoms with Gasteiger partial charge in [-0.05, 0) is 61.7 Å². The maximum atomic E-state index is 13.4. The highest BCUT2D eigenvalue weighted by atomic mass is 32.1. The highest BCUT2D eigenvalue weighted by molar-refractivity contribution is 7.07. The fourth-order valence-electron chi connectivity index (χ4n) is 3.70. The molecule has 2 aromatic carbocycles. The summed E-state index contributed by atoms with van der Waals surface area (Å²) < 4.78 is 19.0. The molecule has 30 heavy (non-hydrogen) atoms. The van der Waals surface area contributed by atoms with Crippen LogP contribution in [0, 0.1) is 12.7 Å². The van der Waals surface area contributed by atoms with Gasteiger partial charge >= 0.3 is 0 Å². The second-order valence-corrected chi connectivity index (χ2v) is 8.37. The summed E-state index contributed by atoms with van der Waals surface area (Å²) in [6.07, 6.45) is 2.17. The minimum absolute atomic E-state index is 0.139. The predicted octanol–water partition coefficient (Wildman–Crippen LogP) is 4.72. The smallest absolute Gasteiger partial charge is 0.297 e. The Kier molecular flexibility index (Phi) is 4.55. The van der Waals surface area contributed by atoms with Gasteiger partial charge in [-0.25, -0.2) is 14.1 Å². The molecule has 5 nitrogen and oxygen atoms in total. The summed E-state index contributed by atoms with van der Waals surface area (Å²) in [5.41, 5.74) is 3.89. The molecule has 0 saturated heterocycles. The van der Waals surface area contributed by atoms with Gasteiger partial charge in [-0.3, -0.25) is 9.48 Å². The van der Waals surface area contributed by atoms with Gasteiger partial charge in [-0.15, -0.1) is 11.3 Å². The van der Waals surface area contributed by atoms with E-state index in [2.05, 4.69) is 4.57 Å². The summed E-state index contributed by atoms with van der Waals surface area (Å²) in [5, 5.41) is 2.04. The maximum Gasteiger partial charge on any atom is 0.297 e. The minimum Gasteiger partial charge on any atom is -0.313 e. The monoisotopic (exact) mass is 420 g/mol. The quantitative estimate of drug-likeness (QED) is 0.471. The van der Waals surface area contributed by atoms with E-state index < -0.39 is 0 Å². The molecule has 1 fully saturated rings. The van der Waals surface area contributed by atoms with Gasteiger partial charge in [0.2, 0.25) is 0 Å². The second kappa shape index (κ2) is 7.25. The highest BCUT2D eigenvalue weighted by Crippen LogP contribution is 2.38. The van der Waals surface area contributed by atoms with Crippen molar-refractivity contribution in [2.45, 2.75) is 25.8 Å². The van der Waals surface area contributed by atoms with Crippen LogP contribution in [0.25, 0.3) is 16.9 Å². The van der Waals surface area contributed by atoms with E-state index >= 15 is 0 Å². The van der Waals surface area contributed by atoms with E-state index in [1.54, 1.807) is 16.8 Å². The van der Waals surface area contributed by atoms with E-state index in [1.165, 1.54) is 23.5 Å². The van der Waals surface area contributed by atoms with E-state index in [4.69, 9.17) is 4.99 Å². The molecule has 152 valence electrons. The Hall–Kier alpha value is -3.19. The van der Waals surface area contributed by atoms with Crippen LogP contribution in [0.5, 0.6) is 0 Å². The summed E-state index contributed by atoms with van der Waals surface area (Å²) in [6, 6.07) is 16.5. The van der Waals surface area contributed by atoms with Crippen molar-refractivity contribution in [3.63, 3.8) is 0 Å². The van der Waals surface area contributed by atoms with Crippen LogP contribution in [-0.4, -0.2) is 13.9 Å². The summed E-state index contributed by atoms with van der Waals surface area (Å²) in [7, 11) is 1.87.